The van der Waals surface area contributed by atoms with E-state index in [2.05, 4.69) is 31.1 Å². The van der Waals surface area contributed by atoms with Gasteiger partial charge in [0.15, 0.2) is 0 Å². The van der Waals surface area contributed by atoms with Crippen LogP contribution in [-0.4, -0.2) is 21.5 Å². The summed E-state index contributed by atoms with van der Waals surface area (Å²) in [6, 6.07) is 7.52. The van der Waals surface area contributed by atoms with Gasteiger partial charge in [-0.15, -0.1) is 0 Å². The molecule has 0 saturated heterocycles. The number of hydrogen-bond acceptors (Lipinski definition) is 3. The van der Waals surface area contributed by atoms with Crippen molar-refractivity contribution in [3.8, 4) is 0 Å². The third kappa shape index (κ3) is 6.00. The Hall–Kier alpha value is -2.17. The van der Waals surface area contributed by atoms with Gasteiger partial charge in [0.2, 0.25) is 5.91 Å². The molecule has 1 aromatic carbocycles. The number of para-hydroxylation sites is 1. The van der Waals surface area contributed by atoms with E-state index in [1.807, 2.05) is 18.2 Å². The summed E-state index contributed by atoms with van der Waals surface area (Å²) in [6.07, 6.45) is 5.96. The second-order valence-electron chi connectivity index (χ2n) is 7.16. The number of amides is 1. The summed E-state index contributed by atoms with van der Waals surface area (Å²) in [7, 11) is 0. The molecular weight excluding hydrogens is 314 g/mol. The molecule has 0 radical (unpaired) electrons. The number of hydrogen-bond donors (Lipinski definition) is 1. The van der Waals surface area contributed by atoms with Crippen LogP contribution in [0.25, 0.3) is 10.9 Å². The van der Waals surface area contributed by atoms with Gasteiger partial charge in [-0.1, -0.05) is 38.8 Å². The lowest BCUT2D eigenvalue weighted by Gasteiger charge is -2.14. The van der Waals surface area contributed by atoms with E-state index in [-0.39, 0.29) is 17.5 Å². The van der Waals surface area contributed by atoms with Crippen molar-refractivity contribution in [1.29, 1.82) is 0 Å². The number of rotatable bonds is 9. The van der Waals surface area contributed by atoms with Crippen molar-refractivity contribution in [3.63, 3.8) is 0 Å². The maximum Gasteiger partial charge on any atom is 0.261 e. The molecule has 0 saturated carbocycles. The largest absolute Gasteiger partial charge is 0.354 e. The van der Waals surface area contributed by atoms with Crippen molar-refractivity contribution in [2.45, 2.75) is 65.5 Å². The lowest BCUT2D eigenvalue weighted by molar-refractivity contribution is -0.121. The van der Waals surface area contributed by atoms with Crippen LogP contribution >= 0.6 is 0 Å². The maximum absolute atomic E-state index is 12.4. The molecule has 25 heavy (non-hydrogen) atoms. The van der Waals surface area contributed by atoms with E-state index >= 15 is 0 Å². The van der Waals surface area contributed by atoms with Crippen molar-refractivity contribution in [2.75, 3.05) is 0 Å². The first-order valence-corrected chi connectivity index (χ1v) is 9.21. The van der Waals surface area contributed by atoms with E-state index in [0.717, 1.165) is 12.8 Å². The number of carbonyl (C=O) groups excluding carboxylic acids is 1. The van der Waals surface area contributed by atoms with E-state index in [1.54, 1.807) is 17.0 Å². The summed E-state index contributed by atoms with van der Waals surface area (Å²) in [6.45, 7) is 6.99. The van der Waals surface area contributed by atoms with Crippen LogP contribution in [0.5, 0.6) is 0 Å². The first-order chi connectivity index (χ1) is 12.0. The Kier molecular flexibility index (Phi) is 7.16. The molecule has 0 aliphatic rings. The standard InChI is InChI=1S/C20H29N3O2/c1-15(2)8-6-9-16(3)22-19(24)12-7-13-23-14-21-18-11-5-4-10-17(18)20(23)25/h4-5,10-11,14-16H,6-9,12-13H2,1-3H3,(H,22,24)/t16-/m0/s1. The molecule has 5 nitrogen and oxygen atoms in total. The van der Waals surface area contributed by atoms with Crippen LogP contribution in [0.1, 0.15) is 52.9 Å². The zero-order valence-corrected chi connectivity index (χ0v) is 15.5. The number of fused-ring (bicyclic) bond motifs is 1. The Morgan fingerprint density at radius 3 is 2.68 bits per heavy atom. The minimum Gasteiger partial charge on any atom is -0.354 e. The predicted molar refractivity (Wildman–Crippen MR) is 102 cm³/mol. The zero-order chi connectivity index (χ0) is 18.2. The minimum atomic E-state index is -0.0481. The first kappa shape index (κ1) is 19.2. The van der Waals surface area contributed by atoms with Gasteiger partial charge in [0.05, 0.1) is 17.2 Å². The molecule has 136 valence electrons. The predicted octanol–water partition coefficient (Wildman–Crippen LogP) is 3.51. The summed E-state index contributed by atoms with van der Waals surface area (Å²) in [5.74, 6) is 0.760. The monoisotopic (exact) mass is 343 g/mol. The number of benzene rings is 1. The highest BCUT2D eigenvalue weighted by Gasteiger charge is 2.08. The summed E-state index contributed by atoms with van der Waals surface area (Å²) in [5, 5.41) is 3.66. The molecular formula is C20H29N3O2. The van der Waals surface area contributed by atoms with E-state index in [9.17, 15) is 9.59 Å². The second kappa shape index (κ2) is 9.35. The van der Waals surface area contributed by atoms with Gasteiger partial charge in [-0.2, -0.15) is 0 Å². The third-order valence-corrected chi connectivity index (χ3v) is 4.36. The van der Waals surface area contributed by atoms with E-state index in [4.69, 9.17) is 0 Å². The average molecular weight is 343 g/mol. The van der Waals surface area contributed by atoms with E-state index in [0.29, 0.717) is 36.2 Å². The van der Waals surface area contributed by atoms with Gasteiger partial charge < -0.3 is 5.32 Å². The Morgan fingerprint density at radius 2 is 1.92 bits per heavy atom. The average Bonchev–Trinajstić information content (AvgIpc) is 2.56. The lowest BCUT2D eigenvalue weighted by atomic mass is 10.0. The molecule has 1 aromatic heterocycles. The SMILES string of the molecule is CC(C)CCC[C@H](C)NC(=O)CCCn1cnc2ccccc2c1=O. The van der Waals surface area contributed by atoms with Crippen molar-refractivity contribution >= 4 is 16.8 Å². The van der Waals surface area contributed by atoms with Gasteiger partial charge in [-0.3, -0.25) is 14.2 Å². The normalized spacial score (nSPS) is 12.5. The van der Waals surface area contributed by atoms with Crippen LogP contribution in [0, 0.1) is 5.92 Å². The van der Waals surface area contributed by atoms with Gasteiger partial charge >= 0.3 is 0 Å². The fraction of sp³-hybridized carbons (Fsp3) is 0.550. The fourth-order valence-corrected chi connectivity index (χ4v) is 2.93. The van der Waals surface area contributed by atoms with Gasteiger partial charge in [-0.25, -0.2) is 4.98 Å². The molecule has 2 aromatic rings. The Morgan fingerprint density at radius 1 is 1.16 bits per heavy atom. The molecule has 0 aliphatic heterocycles. The molecule has 5 heteroatoms. The quantitative estimate of drug-likeness (QED) is 0.758. The van der Waals surface area contributed by atoms with Crippen LogP contribution in [-0.2, 0) is 11.3 Å². The molecule has 0 fully saturated rings. The van der Waals surface area contributed by atoms with Gasteiger partial charge in [-0.05, 0) is 37.8 Å². The third-order valence-electron chi connectivity index (χ3n) is 4.36. The summed E-state index contributed by atoms with van der Waals surface area (Å²) < 4.78 is 1.58. The smallest absolute Gasteiger partial charge is 0.261 e. The van der Waals surface area contributed by atoms with Gasteiger partial charge in [0, 0.05) is 19.0 Å². The van der Waals surface area contributed by atoms with E-state index < -0.39 is 0 Å². The van der Waals surface area contributed by atoms with Crippen molar-refractivity contribution in [2.24, 2.45) is 5.92 Å². The van der Waals surface area contributed by atoms with Crippen molar-refractivity contribution in [3.05, 3.63) is 40.9 Å². The van der Waals surface area contributed by atoms with Crippen LogP contribution in [0.3, 0.4) is 0 Å². The Bertz CT molecular complexity index is 752. The number of nitrogens with one attached hydrogen (secondary N) is 1. The summed E-state index contributed by atoms with van der Waals surface area (Å²) in [5.41, 5.74) is 0.657. The molecule has 1 N–H and O–H groups in total. The van der Waals surface area contributed by atoms with Crippen molar-refractivity contribution < 1.29 is 4.79 Å². The molecule has 1 amide bonds. The Balaban J connectivity index is 1.78. The number of carbonyl (C=O) groups is 1. The van der Waals surface area contributed by atoms with Gasteiger partial charge in [0.25, 0.3) is 5.56 Å². The van der Waals surface area contributed by atoms with Crippen LogP contribution < -0.4 is 10.9 Å². The molecule has 0 spiro atoms. The topological polar surface area (TPSA) is 64.0 Å². The molecule has 0 aliphatic carbocycles. The van der Waals surface area contributed by atoms with Crippen LogP contribution in [0.4, 0.5) is 0 Å². The first-order valence-electron chi connectivity index (χ1n) is 9.21. The highest BCUT2D eigenvalue weighted by atomic mass is 16.1. The minimum absolute atomic E-state index is 0.0481. The molecule has 2 rings (SSSR count). The summed E-state index contributed by atoms with van der Waals surface area (Å²) >= 11 is 0. The van der Waals surface area contributed by atoms with Crippen molar-refractivity contribution in [1.82, 2.24) is 14.9 Å². The lowest BCUT2D eigenvalue weighted by Crippen LogP contribution is -2.32. The van der Waals surface area contributed by atoms with Crippen LogP contribution in [0.15, 0.2) is 35.4 Å². The summed E-state index contributed by atoms with van der Waals surface area (Å²) in [4.78, 5) is 28.7. The number of nitrogens with zero attached hydrogens (tertiary/aromatic N) is 2. The highest BCUT2D eigenvalue weighted by molar-refractivity contribution is 5.77. The molecule has 1 atom stereocenters. The van der Waals surface area contributed by atoms with Crippen LogP contribution in [0.2, 0.25) is 0 Å². The zero-order valence-electron chi connectivity index (χ0n) is 15.5. The molecule has 1 heterocycles. The maximum atomic E-state index is 12.4. The Labute approximate surface area is 149 Å². The number of aromatic nitrogens is 2. The second-order valence-corrected chi connectivity index (χ2v) is 7.16. The molecule has 0 bridgehead atoms. The van der Waals surface area contributed by atoms with E-state index in [1.165, 1.54) is 6.42 Å². The van der Waals surface area contributed by atoms with Gasteiger partial charge in [0.1, 0.15) is 0 Å². The number of aryl methyl sites for hydroxylation is 1. The fourth-order valence-electron chi connectivity index (χ4n) is 2.93. The highest BCUT2D eigenvalue weighted by Crippen LogP contribution is 2.09. The molecule has 0 unspecified atom stereocenters.